The molecule has 0 unspecified atom stereocenters. The number of hydrogen-bond donors (Lipinski definition) is 1. The molecule has 0 aliphatic carbocycles. The van der Waals surface area contributed by atoms with E-state index in [1.165, 1.54) is 30.1 Å². The Morgan fingerprint density at radius 3 is 2.50 bits per heavy atom. The Kier molecular flexibility index (Phi) is 6.07. The summed E-state index contributed by atoms with van der Waals surface area (Å²) in [6.45, 7) is 1.81. The van der Waals surface area contributed by atoms with Crippen molar-refractivity contribution in [3.63, 3.8) is 0 Å². The molecule has 2 rings (SSSR count). The molecule has 1 heterocycles. The molecule has 0 saturated carbocycles. The van der Waals surface area contributed by atoms with E-state index in [0.29, 0.717) is 5.69 Å². The number of amides is 1. The molecule has 7 nitrogen and oxygen atoms in total. The lowest BCUT2D eigenvalue weighted by molar-refractivity contribution is -0.134. The second kappa shape index (κ2) is 7.82. The summed E-state index contributed by atoms with van der Waals surface area (Å²) in [5.41, 5.74) is 1.17. The summed E-state index contributed by atoms with van der Waals surface area (Å²) in [6.07, 6.45) is -4.91. The Bertz CT molecular complexity index is 982. The predicted molar refractivity (Wildman–Crippen MR) is 97.7 cm³/mol. The molecule has 0 saturated heterocycles. The highest BCUT2D eigenvalue weighted by Crippen LogP contribution is 2.24. The minimum absolute atomic E-state index is 0.120. The third-order valence-corrected chi connectivity index (χ3v) is 5.32. The molecule has 2 aromatic rings. The molecule has 0 aliphatic rings. The second-order valence-corrected chi connectivity index (χ2v) is 8.24. The van der Waals surface area contributed by atoms with Crippen LogP contribution in [-0.4, -0.2) is 44.4 Å². The molecule has 0 spiro atoms. The Labute approximate surface area is 161 Å². The number of sulfonamides is 1. The third kappa shape index (κ3) is 5.24. The first kappa shape index (κ1) is 21.7. The number of nitrogens with one attached hydrogen (secondary N) is 1. The van der Waals surface area contributed by atoms with Crippen molar-refractivity contribution in [2.45, 2.75) is 30.8 Å². The van der Waals surface area contributed by atoms with E-state index in [-0.39, 0.29) is 16.2 Å². The van der Waals surface area contributed by atoms with Gasteiger partial charge in [-0.05, 0) is 24.6 Å². The molecule has 0 atom stereocenters. The lowest BCUT2D eigenvalue weighted by Gasteiger charge is -2.17. The monoisotopic (exact) mass is 418 g/mol. The summed E-state index contributed by atoms with van der Waals surface area (Å²) < 4.78 is 65.7. The molecule has 154 valence electrons. The number of aromatic nitrogens is 2. The van der Waals surface area contributed by atoms with Gasteiger partial charge in [0.1, 0.15) is 0 Å². The van der Waals surface area contributed by atoms with Gasteiger partial charge in [0.15, 0.2) is 0 Å². The van der Waals surface area contributed by atoms with Crippen LogP contribution in [0.15, 0.2) is 29.3 Å². The maximum Gasteiger partial charge on any atom is 0.389 e. The van der Waals surface area contributed by atoms with Crippen LogP contribution < -0.4 is 9.62 Å². The highest BCUT2D eigenvalue weighted by atomic mass is 32.2. The molecule has 11 heteroatoms. The van der Waals surface area contributed by atoms with Gasteiger partial charge in [-0.25, -0.2) is 13.1 Å². The molecule has 1 aromatic heterocycles. The van der Waals surface area contributed by atoms with Crippen molar-refractivity contribution in [1.29, 1.82) is 0 Å². The van der Waals surface area contributed by atoms with Crippen LogP contribution >= 0.6 is 0 Å². The van der Waals surface area contributed by atoms with Crippen LogP contribution in [0.1, 0.15) is 28.0 Å². The van der Waals surface area contributed by atoms with Gasteiger partial charge in [-0.15, -0.1) is 0 Å². The average Bonchev–Trinajstić information content (AvgIpc) is 2.93. The number of anilines is 1. The number of benzene rings is 1. The highest BCUT2D eigenvalue weighted by molar-refractivity contribution is 7.90. The lowest BCUT2D eigenvalue weighted by Crippen LogP contribution is -2.31. The number of hydrogen-bond acceptors (Lipinski definition) is 5. The molecule has 1 aromatic carbocycles. The largest absolute Gasteiger partial charge is 0.389 e. The molecule has 0 aliphatic heterocycles. The van der Waals surface area contributed by atoms with Gasteiger partial charge in [-0.3, -0.25) is 9.48 Å². The number of alkyl halides is 3. The summed E-state index contributed by atoms with van der Waals surface area (Å²) in [6, 6.07) is 4.37. The molecule has 0 fully saturated rings. The lowest BCUT2D eigenvalue weighted by atomic mass is 10.1. The number of rotatable bonds is 6. The van der Waals surface area contributed by atoms with Crippen molar-refractivity contribution in [3.8, 4) is 0 Å². The predicted octanol–water partition coefficient (Wildman–Crippen LogP) is 2.41. The minimum atomic E-state index is -4.41. The maximum absolute atomic E-state index is 12.6. The standard InChI is InChI=1S/C17H21F3N4O3S/c1-11-5-6-12(9-15(11)23(2)3)28(26,27)22-16(25)13-10-24(4)21-14(13)7-8-17(18,19)20/h5-6,9-10H,7-8H2,1-4H3,(H,22,25). The Hall–Kier alpha value is -2.56. The van der Waals surface area contributed by atoms with E-state index in [1.54, 1.807) is 25.1 Å². The van der Waals surface area contributed by atoms with Crippen LogP contribution in [0.5, 0.6) is 0 Å². The first-order valence-corrected chi connectivity index (χ1v) is 9.73. The quantitative estimate of drug-likeness (QED) is 0.779. The number of carbonyl (C=O) groups is 1. The second-order valence-electron chi connectivity index (χ2n) is 6.56. The van der Waals surface area contributed by atoms with E-state index >= 15 is 0 Å². The zero-order valence-electron chi connectivity index (χ0n) is 15.8. The van der Waals surface area contributed by atoms with E-state index in [4.69, 9.17) is 0 Å². The van der Waals surface area contributed by atoms with Gasteiger partial charge in [0.05, 0.1) is 16.2 Å². The highest BCUT2D eigenvalue weighted by Gasteiger charge is 2.29. The van der Waals surface area contributed by atoms with E-state index in [0.717, 1.165) is 5.56 Å². The third-order valence-electron chi connectivity index (χ3n) is 3.99. The molecule has 0 radical (unpaired) electrons. The van der Waals surface area contributed by atoms with Gasteiger partial charge in [0.2, 0.25) is 0 Å². The van der Waals surface area contributed by atoms with Crippen LogP contribution in [0, 0.1) is 6.92 Å². The van der Waals surface area contributed by atoms with Crippen molar-refractivity contribution in [3.05, 3.63) is 41.2 Å². The van der Waals surface area contributed by atoms with E-state index < -0.39 is 34.9 Å². The van der Waals surface area contributed by atoms with Crippen LogP contribution in [0.25, 0.3) is 0 Å². The van der Waals surface area contributed by atoms with E-state index in [9.17, 15) is 26.4 Å². The van der Waals surface area contributed by atoms with Gasteiger partial charge in [-0.2, -0.15) is 18.3 Å². The summed E-state index contributed by atoms with van der Waals surface area (Å²) >= 11 is 0. The average molecular weight is 418 g/mol. The molecule has 1 N–H and O–H groups in total. The number of halogens is 3. The van der Waals surface area contributed by atoms with E-state index in [1.807, 2.05) is 11.6 Å². The van der Waals surface area contributed by atoms with Crippen molar-refractivity contribution in [2.75, 3.05) is 19.0 Å². The molecule has 0 bridgehead atoms. The van der Waals surface area contributed by atoms with Gasteiger partial charge >= 0.3 is 6.18 Å². The van der Waals surface area contributed by atoms with Crippen molar-refractivity contribution in [1.82, 2.24) is 14.5 Å². The fraction of sp³-hybridized carbons (Fsp3) is 0.412. The Balaban J connectivity index is 2.28. The number of carbonyl (C=O) groups excluding carboxylic acids is 1. The minimum Gasteiger partial charge on any atom is -0.377 e. The van der Waals surface area contributed by atoms with Crippen LogP contribution in [0.4, 0.5) is 18.9 Å². The van der Waals surface area contributed by atoms with Gasteiger partial charge < -0.3 is 4.90 Å². The fourth-order valence-corrected chi connectivity index (χ4v) is 3.63. The summed E-state index contributed by atoms with van der Waals surface area (Å²) in [7, 11) is 0.719. The summed E-state index contributed by atoms with van der Waals surface area (Å²) in [4.78, 5) is 14.0. The SMILES string of the molecule is Cc1ccc(S(=O)(=O)NC(=O)c2cn(C)nc2CCC(F)(F)F)cc1N(C)C. The fourth-order valence-electron chi connectivity index (χ4n) is 2.64. The normalized spacial score (nSPS) is 12.1. The van der Waals surface area contributed by atoms with Gasteiger partial charge in [0, 0.05) is 45.9 Å². The smallest absolute Gasteiger partial charge is 0.377 e. The Morgan fingerprint density at radius 2 is 1.93 bits per heavy atom. The zero-order chi connectivity index (χ0) is 21.3. The summed E-state index contributed by atoms with van der Waals surface area (Å²) in [5.74, 6) is -1.03. The maximum atomic E-state index is 12.6. The van der Waals surface area contributed by atoms with Gasteiger partial charge in [0.25, 0.3) is 15.9 Å². The summed E-state index contributed by atoms with van der Waals surface area (Å²) in [5, 5.41) is 3.84. The molecular formula is C17H21F3N4O3S. The number of nitrogens with zero attached hydrogens (tertiary/aromatic N) is 3. The topological polar surface area (TPSA) is 84.3 Å². The Morgan fingerprint density at radius 1 is 1.29 bits per heavy atom. The molecule has 28 heavy (non-hydrogen) atoms. The van der Waals surface area contributed by atoms with Crippen molar-refractivity contribution >= 4 is 21.6 Å². The zero-order valence-corrected chi connectivity index (χ0v) is 16.6. The van der Waals surface area contributed by atoms with Crippen molar-refractivity contribution < 1.29 is 26.4 Å². The first-order chi connectivity index (χ1) is 12.8. The van der Waals surface area contributed by atoms with Gasteiger partial charge in [-0.1, -0.05) is 6.07 Å². The van der Waals surface area contributed by atoms with Crippen molar-refractivity contribution in [2.24, 2.45) is 7.05 Å². The van der Waals surface area contributed by atoms with Crippen LogP contribution in [0.2, 0.25) is 0 Å². The molecule has 1 amide bonds. The first-order valence-electron chi connectivity index (χ1n) is 8.24. The number of aryl methyl sites for hydroxylation is 3. The molecular weight excluding hydrogens is 397 g/mol. The van der Waals surface area contributed by atoms with E-state index in [2.05, 4.69) is 5.10 Å². The van der Waals surface area contributed by atoms with Crippen LogP contribution in [0.3, 0.4) is 0 Å². The van der Waals surface area contributed by atoms with Crippen LogP contribution in [-0.2, 0) is 23.5 Å².